The van der Waals surface area contributed by atoms with E-state index in [4.69, 9.17) is 0 Å². The van der Waals surface area contributed by atoms with Crippen LogP contribution < -0.4 is 14.9 Å². The Morgan fingerprint density at radius 1 is 1.11 bits per heavy atom. The Labute approximate surface area is 168 Å². The van der Waals surface area contributed by atoms with Gasteiger partial charge in [-0.25, -0.2) is 0 Å². The zero-order valence-electron chi connectivity index (χ0n) is 16.0. The highest BCUT2D eigenvalue weighted by atomic mass is 32.2. The zero-order valence-corrected chi connectivity index (χ0v) is 17.7. The summed E-state index contributed by atoms with van der Waals surface area (Å²) in [5.74, 6) is -0.478. The average molecular weight is 425 g/mol. The number of hydrogen-bond acceptors (Lipinski definition) is 8. The van der Waals surface area contributed by atoms with Crippen molar-refractivity contribution in [2.45, 2.75) is 18.2 Å². The summed E-state index contributed by atoms with van der Waals surface area (Å²) in [4.78, 5) is 16.2. The molecule has 0 spiro atoms. The molecule has 9 nitrogen and oxygen atoms in total. The van der Waals surface area contributed by atoms with E-state index in [9.17, 15) is 13.2 Å². The monoisotopic (exact) mass is 424 g/mol. The first kappa shape index (κ1) is 20.5. The van der Waals surface area contributed by atoms with Crippen molar-refractivity contribution in [3.05, 3.63) is 24.3 Å². The van der Waals surface area contributed by atoms with Crippen molar-refractivity contribution in [3.8, 4) is 0 Å². The number of hydrogen-bond donors (Lipinski definition) is 2. The summed E-state index contributed by atoms with van der Waals surface area (Å²) in [6, 6.07) is 7.26. The predicted molar refractivity (Wildman–Crippen MR) is 110 cm³/mol. The van der Waals surface area contributed by atoms with Gasteiger partial charge in [0.2, 0.25) is 11.0 Å². The lowest BCUT2D eigenvalue weighted by atomic mass is 10.2. The van der Waals surface area contributed by atoms with Crippen molar-refractivity contribution in [1.29, 1.82) is 0 Å². The van der Waals surface area contributed by atoms with Gasteiger partial charge < -0.3 is 15.1 Å². The number of sulfonamides is 1. The van der Waals surface area contributed by atoms with Crippen LogP contribution in [0.4, 0.5) is 16.5 Å². The first-order valence-electron chi connectivity index (χ1n) is 8.95. The van der Waals surface area contributed by atoms with Crippen molar-refractivity contribution in [2.75, 3.05) is 48.2 Å². The van der Waals surface area contributed by atoms with Gasteiger partial charge in [-0.1, -0.05) is 25.2 Å². The summed E-state index contributed by atoms with van der Waals surface area (Å²) in [5.41, 5.74) is 1.51. The van der Waals surface area contributed by atoms with E-state index in [0.29, 0.717) is 5.69 Å². The molecule has 0 atom stereocenters. The number of carbonyl (C=O) groups is 1. The normalized spacial score (nSPS) is 15.6. The molecule has 1 aliphatic rings. The van der Waals surface area contributed by atoms with E-state index < -0.39 is 10.0 Å². The first-order chi connectivity index (χ1) is 13.2. The molecule has 1 fully saturated rings. The van der Waals surface area contributed by atoms with Gasteiger partial charge in [-0.05, 0) is 31.3 Å². The van der Waals surface area contributed by atoms with Crippen molar-refractivity contribution in [2.24, 2.45) is 5.92 Å². The largest absolute Gasteiger partial charge is 0.369 e. The van der Waals surface area contributed by atoms with Gasteiger partial charge in [0.15, 0.2) is 0 Å². The summed E-state index contributed by atoms with van der Waals surface area (Å²) in [6.07, 6.45) is 0. The Balaban J connectivity index is 1.65. The van der Waals surface area contributed by atoms with Crippen molar-refractivity contribution in [3.63, 3.8) is 0 Å². The van der Waals surface area contributed by atoms with Gasteiger partial charge in [0.05, 0.1) is 0 Å². The Kier molecular flexibility index (Phi) is 6.16. The molecule has 1 amide bonds. The lowest BCUT2D eigenvalue weighted by molar-refractivity contribution is -0.118. The van der Waals surface area contributed by atoms with Crippen LogP contribution in [0.15, 0.2) is 28.6 Å². The van der Waals surface area contributed by atoms with Gasteiger partial charge in [-0.15, -0.1) is 10.2 Å². The summed E-state index contributed by atoms with van der Waals surface area (Å²) in [5, 5.41) is 10.1. The summed E-state index contributed by atoms with van der Waals surface area (Å²) < 4.78 is 27.4. The summed E-state index contributed by atoms with van der Waals surface area (Å²) in [6.45, 7) is 7.36. The third kappa shape index (κ3) is 4.97. The van der Waals surface area contributed by atoms with Crippen LogP contribution >= 0.6 is 11.3 Å². The Morgan fingerprint density at radius 2 is 1.75 bits per heavy atom. The number of carbonyl (C=O) groups excluding carboxylic acids is 1. The van der Waals surface area contributed by atoms with E-state index in [1.54, 1.807) is 26.0 Å². The zero-order chi connectivity index (χ0) is 20.3. The minimum atomic E-state index is -3.87. The molecule has 0 radical (unpaired) electrons. The van der Waals surface area contributed by atoms with Crippen LogP contribution in [0.25, 0.3) is 0 Å². The molecule has 2 heterocycles. The van der Waals surface area contributed by atoms with Gasteiger partial charge in [0.25, 0.3) is 14.4 Å². The van der Waals surface area contributed by atoms with Crippen LogP contribution in [-0.4, -0.2) is 62.6 Å². The number of piperazine rings is 1. The van der Waals surface area contributed by atoms with Crippen LogP contribution in [-0.2, 0) is 14.8 Å². The van der Waals surface area contributed by atoms with Gasteiger partial charge in [0, 0.05) is 43.5 Å². The fourth-order valence-electron chi connectivity index (χ4n) is 2.62. The maximum atomic E-state index is 12.5. The number of nitrogens with zero attached hydrogens (tertiary/aromatic N) is 4. The second kappa shape index (κ2) is 8.41. The lowest BCUT2D eigenvalue weighted by Crippen LogP contribution is -2.44. The second-order valence-corrected chi connectivity index (χ2v) is 9.79. The third-order valence-electron chi connectivity index (χ3n) is 4.38. The third-order valence-corrected chi connectivity index (χ3v) is 6.97. The molecule has 1 aromatic heterocycles. The highest BCUT2D eigenvalue weighted by Crippen LogP contribution is 2.24. The molecular weight excluding hydrogens is 400 g/mol. The van der Waals surface area contributed by atoms with Crippen LogP contribution in [0.5, 0.6) is 0 Å². The highest BCUT2D eigenvalue weighted by molar-refractivity contribution is 7.94. The van der Waals surface area contributed by atoms with Crippen molar-refractivity contribution in [1.82, 2.24) is 15.1 Å². The fourth-order valence-corrected chi connectivity index (χ4v) is 4.59. The molecule has 2 N–H and O–H groups in total. The Morgan fingerprint density at radius 3 is 2.36 bits per heavy atom. The van der Waals surface area contributed by atoms with Crippen LogP contribution in [0.2, 0.25) is 0 Å². The Hall–Kier alpha value is -2.24. The van der Waals surface area contributed by atoms with Gasteiger partial charge in [-0.2, -0.15) is 8.42 Å². The van der Waals surface area contributed by atoms with Crippen LogP contribution in [0.3, 0.4) is 0 Å². The number of likely N-dealkylation sites (N-methyl/N-ethyl adjacent to an activating group) is 1. The fraction of sp³-hybridized carbons (Fsp3) is 0.471. The molecule has 28 heavy (non-hydrogen) atoms. The molecule has 1 aliphatic heterocycles. The molecule has 1 aromatic carbocycles. The van der Waals surface area contributed by atoms with E-state index in [-0.39, 0.29) is 21.3 Å². The molecule has 1 saturated heterocycles. The molecular formula is C17H24N6O3S2. The van der Waals surface area contributed by atoms with E-state index in [1.807, 2.05) is 12.1 Å². The molecule has 3 rings (SSSR count). The lowest BCUT2D eigenvalue weighted by Gasteiger charge is -2.34. The molecule has 11 heteroatoms. The number of rotatable bonds is 6. The van der Waals surface area contributed by atoms with Crippen molar-refractivity contribution < 1.29 is 13.2 Å². The standard InChI is InChI=1S/C17H24N6O3S2/c1-12(2)15(24)18-16-19-20-17(27-16)28(25,26)21-13-4-6-14(7-5-13)23-10-8-22(3)9-11-23/h4-7,12,21H,8-11H2,1-3H3,(H,18,19,24). The average Bonchev–Trinajstić information content (AvgIpc) is 3.12. The van der Waals surface area contributed by atoms with Crippen molar-refractivity contribution >= 4 is 43.8 Å². The second-order valence-electron chi connectivity index (χ2n) is 6.96. The molecule has 0 unspecified atom stereocenters. The van der Waals surface area contributed by atoms with E-state index in [1.165, 1.54) is 0 Å². The SMILES string of the molecule is CC(C)C(=O)Nc1nnc(S(=O)(=O)Nc2ccc(N3CCN(C)CC3)cc2)s1. The first-order valence-corrected chi connectivity index (χ1v) is 11.3. The maximum absolute atomic E-state index is 12.5. The molecule has 2 aromatic rings. The number of amides is 1. The minimum absolute atomic E-state index is 0.157. The minimum Gasteiger partial charge on any atom is -0.369 e. The maximum Gasteiger partial charge on any atom is 0.291 e. The quantitative estimate of drug-likeness (QED) is 0.680. The Bertz CT molecular complexity index is 919. The van der Waals surface area contributed by atoms with Gasteiger partial charge in [-0.3, -0.25) is 9.52 Å². The number of anilines is 3. The van der Waals surface area contributed by atoms with E-state index >= 15 is 0 Å². The number of nitrogens with one attached hydrogen (secondary N) is 2. The van der Waals surface area contributed by atoms with E-state index in [2.05, 4.69) is 37.1 Å². The summed E-state index contributed by atoms with van der Waals surface area (Å²) >= 11 is 0.813. The highest BCUT2D eigenvalue weighted by Gasteiger charge is 2.22. The number of benzene rings is 1. The topological polar surface area (TPSA) is 108 Å². The van der Waals surface area contributed by atoms with Crippen LogP contribution in [0, 0.1) is 5.92 Å². The molecule has 152 valence electrons. The molecule has 0 aliphatic carbocycles. The predicted octanol–water partition coefficient (Wildman–Crippen LogP) is 1.69. The van der Waals surface area contributed by atoms with Gasteiger partial charge >= 0.3 is 0 Å². The number of aromatic nitrogens is 2. The van der Waals surface area contributed by atoms with Gasteiger partial charge in [0.1, 0.15) is 0 Å². The summed E-state index contributed by atoms with van der Waals surface area (Å²) in [7, 11) is -1.77. The van der Waals surface area contributed by atoms with Crippen LogP contribution in [0.1, 0.15) is 13.8 Å². The smallest absolute Gasteiger partial charge is 0.291 e. The molecule has 0 bridgehead atoms. The van der Waals surface area contributed by atoms with E-state index in [0.717, 1.165) is 43.2 Å². The molecule has 0 saturated carbocycles.